The summed E-state index contributed by atoms with van der Waals surface area (Å²) in [5, 5.41) is 2.07. The number of hydrogen-bond acceptors (Lipinski definition) is 3. The van der Waals surface area contributed by atoms with E-state index in [9.17, 15) is 21.6 Å². The molecule has 0 fully saturated rings. The van der Waals surface area contributed by atoms with E-state index in [1.807, 2.05) is 42.5 Å². The van der Waals surface area contributed by atoms with Crippen molar-refractivity contribution in [3.05, 3.63) is 73.9 Å². The summed E-state index contributed by atoms with van der Waals surface area (Å²) in [4.78, 5) is 0. The van der Waals surface area contributed by atoms with Gasteiger partial charge >= 0.3 is 36.8 Å². The molecule has 0 saturated heterocycles. The zero-order valence-corrected chi connectivity index (χ0v) is 15.5. The molecule has 0 saturated carbocycles. The predicted molar refractivity (Wildman–Crippen MR) is 83.4 cm³/mol. The average Bonchev–Trinajstić information content (AvgIpc) is 2.55. The molecule has 0 N–H and O–H groups in total. The van der Waals surface area contributed by atoms with E-state index in [1.54, 1.807) is 12.1 Å². The lowest BCUT2D eigenvalue weighted by molar-refractivity contribution is -0.597. The van der Waals surface area contributed by atoms with Gasteiger partial charge in [0.25, 0.3) is 0 Å². The third kappa shape index (κ3) is 4.06. The molecule has 0 aliphatic carbocycles. The first kappa shape index (κ1) is 18.0. The first-order valence-corrected chi connectivity index (χ1v) is 10.6. The Morgan fingerprint density at radius 3 is 2.20 bits per heavy atom. The number of halogens is 4. The van der Waals surface area contributed by atoms with Crippen LogP contribution >= 0.6 is 0 Å². The van der Waals surface area contributed by atoms with Gasteiger partial charge in [0.15, 0.2) is 9.32 Å². The number of fused-ring (bicyclic) bond motifs is 1. The van der Waals surface area contributed by atoms with Crippen molar-refractivity contribution in [3.8, 4) is 5.75 Å². The molecular weight excluding hydrogens is 468 g/mol. The largest absolute Gasteiger partial charge is 0.534 e. The maximum atomic E-state index is 12.5. The van der Waals surface area contributed by atoms with Crippen molar-refractivity contribution in [3.63, 3.8) is 0 Å². The lowest BCUT2D eigenvalue weighted by atomic mass is 10.1. The molecule has 0 bridgehead atoms. The van der Waals surface area contributed by atoms with E-state index in [1.165, 1.54) is 12.1 Å². The summed E-state index contributed by atoms with van der Waals surface area (Å²) in [6.07, 6.45) is 0. The summed E-state index contributed by atoms with van der Waals surface area (Å²) in [5.41, 5.74) is -5.46. The number of hydrogen-bond donors (Lipinski definition) is 0. The minimum Gasteiger partial charge on any atom is -0.371 e. The molecule has 0 aromatic heterocycles. The number of rotatable bonds is 4. The SMILES string of the molecule is O=S(=O)(Oc1ccccc1[I+]c1ccc2ccccc2c1)C(F)(F)F. The van der Waals surface area contributed by atoms with Crippen LogP contribution in [0.2, 0.25) is 0 Å². The van der Waals surface area contributed by atoms with Gasteiger partial charge in [0.05, 0.1) is 0 Å². The van der Waals surface area contributed by atoms with E-state index in [0.717, 1.165) is 14.3 Å². The van der Waals surface area contributed by atoms with Gasteiger partial charge < -0.3 is 4.18 Å². The molecular formula is C17H11F3IO3S+. The van der Waals surface area contributed by atoms with Crippen LogP contribution < -0.4 is 25.4 Å². The monoisotopic (exact) mass is 479 g/mol. The van der Waals surface area contributed by atoms with Gasteiger partial charge in [-0.25, -0.2) is 0 Å². The van der Waals surface area contributed by atoms with E-state index >= 15 is 0 Å². The summed E-state index contributed by atoms with van der Waals surface area (Å²) >= 11 is -0.916. The molecule has 3 aromatic carbocycles. The zero-order chi connectivity index (χ0) is 18.1. The second-order valence-corrected chi connectivity index (χ2v) is 9.48. The van der Waals surface area contributed by atoms with Gasteiger partial charge in [0.2, 0.25) is 3.57 Å². The second kappa shape index (κ2) is 6.83. The van der Waals surface area contributed by atoms with Crippen LogP contribution in [-0.4, -0.2) is 13.9 Å². The maximum absolute atomic E-state index is 12.5. The highest BCUT2D eigenvalue weighted by Gasteiger charge is 2.49. The summed E-state index contributed by atoms with van der Waals surface area (Å²) in [5.74, 6) is -0.277. The Bertz CT molecular complexity index is 1020. The van der Waals surface area contributed by atoms with Gasteiger partial charge in [-0.3, -0.25) is 0 Å². The Morgan fingerprint density at radius 1 is 0.840 bits per heavy atom. The lowest BCUT2D eigenvalue weighted by Crippen LogP contribution is -3.61. The van der Waals surface area contributed by atoms with E-state index in [2.05, 4.69) is 4.18 Å². The molecule has 3 rings (SSSR count). The topological polar surface area (TPSA) is 43.4 Å². The molecule has 0 amide bonds. The van der Waals surface area contributed by atoms with Gasteiger partial charge in [0, 0.05) is 0 Å². The third-order valence-electron chi connectivity index (χ3n) is 3.24. The Labute approximate surface area is 152 Å². The summed E-state index contributed by atoms with van der Waals surface area (Å²) in [6.45, 7) is 0. The van der Waals surface area contributed by atoms with Crippen molar-refractivity contribution in [1.82, 2.24) is 0 Å². The lowest BCUT2D eigenvalue weighted by Gasteiger charge is -2.08. The van der Waals surface area contributed by atoms with E-state index in [4.69, 9.17) is 0 Å². The molecule has 0 spiro atoms. The van der Waals surface area contributed by atoms with Crippen LogP contribution in [0, 0.1) is 7.14 Å². The van der Waals surface area contributed by atoms with Crippen molar-refractivity contribution in [2.75, 3.05) is 0 Å². The highest BCUT2D eigenvalue weighted by molar-refractivity contribution is 7.87. The molecule has 0 heterocycles. The Kier molecular flexibility index (Phi) is 4.92. The van der Waals surface area contributed by atoms with Crippen molar-refractivity contribution in [1.29, 1.82) is 0 Å². The van der Waals surface area contributed by atoms with Gasteiger partial charge in [0.1, 0.15) is 0 Å². The fourth-order valence-electron chi connectivity index (χ4n) is 2.09. The molecule has 3 nitrogen and oxygen atoms in total. The van der Waals surface area contributed by atoms with Crippen LogP contribution in [0.5, 0.6) is 5.75 Å². The highest BCUT2D eigenvalue weighted by Crippen LogP contribution is 2.26. The zero-order valence-electron chi connectivity index (χ0n) is 12.5. The van der Waals surface area contributed by atoms with E-state index < -0.39 is 36.8 Å². The van der Waals surface area contributed by atoms with E-state index in [-0.39, 0.29) is 5.75 Å². The van der Waals surface area contributed by atoms with Crippen LogP contribution in [-0.2, 0) is 10.1 Å². The number of para-hydroxylation sites is 1. The van der Waals surface area contributed by atoms with Crippen molar-refractivity contribution in [2.24, 2.45) is 0 Å². The van der Waals surface area contributed by atoms with Crippen LogP contribution in [0.25, 0.3) is 10.8 Å². The standard InChI is InChI=1S/C17H11F3IO3S/c18-17(19,20)25(22,23)24-16-8-4-3-7-15(16)21-14-10-9-12-5-1-2-6-13(12)11-14/h1-11H/q+1. The van der Waals surface area contributed by atoms with Crippen LogP contribution in [0.4, 0.5) is 13.2 Å². The van der Waals surface area contributed by atoms with Crippen LogP contribution in [0.15, 0.2) is 66.7 Å². The maximum Gasteiger partial charge on any atom is 0.534 e. The first-order chi connectivity index (χ1) is 11.8. The van der Waals surface area contributed by atoms with Gasteiger partial charge in [-0.2, -0.15) is 21.6 Å². The van der Waals surface area contributed by atoms with Crippen molar-refractivity contribution >= 4 is 20.9 Å². The quantitative estimate of drug-likeness (QED) is 0.321. The molecule has 0 radical (unpaired) electrons. The summed E-state index contributed by atoms with van der Waals surface area (Å²) < 4.78 is 65.9. The summed E-state index contributed by atoms with van der Waals surface area (Å²) in [7, 11) is -5.68. The fourth-order valence-corrected chi connectivity index (χ4v) is 5.18. The Morgan fingerprint density at radius 2 is 1.48 bits per heavy atom. The Hall–Kier alpha value is -1.81. The molecule has 8 heteroatoms. The molecule has 0 aliphatic heterocycles. The van der Waals surface area contributed by atoms with Gasteiger partial charge in [-0.05, 0) is 41.1 Å². The van der Waals surface area contributed by atoms with Gasteiger partial charge in [-0.1, -0.05) is 36.4 Å². The fraction of sp³-hybridized carbons (Fsp3) is 0.0588. The summed E-state index contributed by atoms with van der Waals surface area (Å²) in [6, 6.07) is 19.4. The predicted octanol–water partition coefficient (Wildman–Crippen LogP) is 1.20. The minimum absolute atomic E-state index is 0.277. The van der Waals surface area contributed by atoms with E-state index in [0.29, 0.717) is 3.57 Å². The highest BCUT2D eigenvalue weighted by atomic mass is 127. The smallest absolute Gasteiger partial charge is 0.371 e. The second-order valence-electron chi connectivity index (χ2n) is 5.00. The first-order valence-electron chi connectivity index (χ1n) is 7.00. The number of alkyl halides is 3. The molecule has 0 aliphatic rings. The number of benzene rings is 3. The van der Waals surface area contributed by atoms with Crippen LogP contribution in [0.3, 0.4) is 0 Å². The molecule has 0 unspecified atom stereocenters. The minimum atomic E-state index is -5.68. The molecule has 3 aromatic rings. The molecule has 0 atom stereocenters. The normalized spacial score (nSPS) is 12.3. The van der Waals surface area contributed by atoms with Gasteiger partial charge in [-0.15, -0.1) is 0 Å². The average molecular weight is 479 g/mol. The molecule has 25 heavy (non-hydrogen) atoms. The third-order valence-corrected chi connectivity index (χ3v) is 6.97. The Balaban J connectivity index is 1.93. The molecule has 130 valence electrons. The van der Waals surface area contributed by atoms with Crippen molar-refractivity contribution in [2.45, 2.75) is 5.51 Å². The van der Waals surface area contributed by atoms with Crippen LogP contribution in [0.1, 0.15) is 0 Å². The van der Waals surface area contributed by atoms with Crippen molar-refractivity contribution < 1.29 is 47.0 Å².